The zero-order valence-corrected chi connectivity index (χ0v) is 23.4. The molecule has 3 aromatic carbocycles. The zero-order chi connectivity index (χ0) is 29.6. The molecule has 0 aromatic heterocycles. The highest BCUT2D eigenvalue weighted by atomic mass is 16.5. The molecule has 1 aliphatic carbocycles. The van der Waals surface area contributed by atoms with Gasteiger partial charge in [0.1, 0.15) is 19.3 Å². The van der Waals surface area contributed by atoms with Crippen LogP contribution in [0.5, 0.6) is 0 Å². The zero-order valence-electron chi connectivity index (χ0n) is 23.4. The number of nitrogens with one attached hydrogen (secondary N) is 1. The van der Waals surface area contributed by atoms with Crippen LogP contribution >= 0.6 is 0 Å². The molecule has 1 aliphatic heterocycles. The fourth-order valence-corrected chi connectivity index (χ4v) is 5.93. The van der Waals surface area contributed by atoms with Gasteiger partial charge in [-0.3, -0.25) is 14.4 Å². The van der Waals surface area contributed by atoms with E-state index >= 15 is 0 Å². The number of esters is 1. The SMILES string of the molecule is C[C@@H]1[C@H](C(=O)O)CCCN1C(=O)[C@H](CC(=O)OCc1ccccc1)NC(=O)OCC1c2ccccc2-c2ccccc21. The maximum absolute atomic E-state index is 13.7. The van der Waals surface area contributed by atoms with E-state index in [-0.39, 0.29) is 19.1 Å². The summed E-state index contributed by atoms with van der Waals surface area (Å²) in [5, 5.41) is 12.2. The summed E-state index contributed by atoms with van der Waals surface area (Å²) in [6.07, 6.45) is -0.311. The van der Waals surface area contributed by atoms with E-state index in [1.54, 1.807) is 6.92 Å². The molecule has 1 fully saturated rings. The number of nitrogens with zero attached hydrogens (tertiary/aromatic N) is 1. The van der Waals surface area contributed by atoms with E-state index in [0.29, 0.717) is 19.4 Å². The molecule has 0 bridgehead atoms. The van der Waals surface area contributed by atoms with Gasteiger partial charge in [0.15, 0.2) is 0 Å². The van der Waals surface area contributed by atoms with E-state index in [1.165, 1.54) is 4.90 Å². The lowest BCUT2D eigenvalue weighted by Crippen LogP contribution is -2.56. The van der Waals surface area contributed by atoms with Crippen LogP contribution in [0.3, 0.4) is 0 Å². The van der Waals surface area contributed by atoms with Crippen molar-refractivity contribution < 1.29 is 33.8 Å². The van der Waals surface area contributed by atoms with Crippen LogP contribution in [-0.2, 0) is 30.5 Å². The van der Waals surface area contributed by atoms with Gasteiger partial charge in [0, 0.05) is 18.5 Å². The first-order valence-electron chi connectivity index (χ1n) is 14.2. The summed E-state index contributed by atoms with van der Waals surface area (Å²) < 4.78 is 11.0. The van der Waals surface area contributed by atoms with Crippen LogP contribution in [0, 0.1) is 5.92 Å². The molecule has 1 heterocycles. The van der Waals surface area contributed by atoms with E-state index in [2.05, 4.69) is 5.32 Å². The number of ether oxygens (including phenoxy) is 2. The number of benzene rings is 3. The number of alkyl carbamates (subject to hydrolysis) is 1. The van der Waals surface area contributed by atoms with Crippen molar-refractivity contribution in [3.63, 3.8) is 0 Å². The molecule has 42 heavy (non-hydrogen) atoms. The van der Waals surface area contributed by atoms with E-state index in [9.17, 15) is 24.3 Å². The van der Waals surface area contributed by atoms with Crippen LogP contribution in [0.15, 0.2) is 78.9 Å². The molecule has 9 heteroatoms. The Hall–Kier alpha value is -4.66. The molecule has 218 valence electrons. The van der Waals surface area contributed by atoms with Crippen molar-refractivity contribution in [1.29, 1.82) is 0 Å². The van der Waals surface area contributed by atoms with E-state index < -0.39 is 48.4 Å². The normalized spacial score (nSPS) is 18.4. The van der Waals surface area contributed by atoms with Gasteiger partial charge < -0.3 is 24.8 Å². The van der Waals surface area contributed by atoms with Crippen LogP contribution in [-0.4, -0.2) is 59.2 Å². The van der Waals surface area contributed by atoms with E-state index in [4.69, 9.17) is 9.47 Å². The number of hydrogen-bond acceptors (Lipinski definition) is 6. The quantitative estimate of drug-likeness (QED) is 0.357. The van der Waals surface area contributed by atoms with Gasteiger partial charge in [0.05, 0.1) is 12.3 Å². The molecule has 0 unspecified atom stereocenters. The van der Waals surface area contributed by atoms with Gasteiger partial charge in [-0.25, -0.2) is 4.79 Å². The number of carboxylic acid groups (broad SMARTS) is 1. The van der Waals surface area contributed by atoms with Crippen molar-refractivity contribution in [2.45, 2.75) is 50.8 Å². The molecule has 0 saturated carbocycles. The fourth-order valence-electron chi connectivity index (χ4n) is 5.93. The van der Waals surface area contributed by atoms with Gasteiger partial charge in [-0.05, 0) is 47.6 Å². The fraction of sp³-hybridized carbons (Fsp3) is 0.333. The van der Waals surface area contributed by atoms with E-state index in [0.717, 1.165) is 27.8 Å². The molecule has 1 saturated heterocycles. The standard InChI is InChI=1S/C33H34N2O7/c1-21-23(32(38)39)16-9-17-35(21)31(37)29(18-30(36)41-19-22-10-3-2-4-11-22)34-33(40)42-20-28-26-14-7-5-12-24(26)25-13-6-8-15-27(25)28/h2-8,10-15,21,23,28-29H,9,16-20H2,1H3,(H,34,40)(H,38,39)/t21-,23-,29+/m1/s1. The second-order valence-corrected chi connectivity index (χ2v) is 10.7. The third-order valence-electron chi connectivity index (χ3n) is 8.14. The summed E-state index contributed by atoms with van der Waals surface area (Å²) in [6, 6.07) is 23.1. The summed E-state index contributed by atoms with van der Waals surface area (Å²) in [5.74, 6) is -3.10. The average Bonchev–Trinajstić information content (AvgIpc) is 3.32. The molecular weight excluding hydrogens is 536 g/mol. The second-order valence-electron chi connectivity index (χ2n) is 10.7. The predicted molar refractivity (Wildman–Crippen MR) is 154 cm³/mol. The summed E-state index contributed by atoms with van der Waals surface area (Å²) in [4.78, 5) is 52.8. The number of rotatable bonds is 9. The monoisotopic (exact) mass is 570 g/mol. The van der Waals surface area contributed by atoms with Crippen molar-refractivity contribution in [2.24, 2.45) is 5.92 Å². The number of carboxylic acids is 1. The highest BCUT2D eigenvalue weighted by Gasteiger charge is 2.39. The van der Waals surface area contributed by atoms with Crippen molar-refractivity contribution in [1.82, 2.24) is 10.2 Å². The number of carbonyl (C=O) groups is 4. The maximum Gasteiger partial charge on any atom is 0.407 e. The minimum Gasteiger partial charge on any atom is -0.481 e. The van der Waals surface area contributed by atoms with Gasteiger partial charge in [-0.1, -0.05) is 78.9 Å². The van der Waals surface area contributed by atoms with Gasteiger partial charge >= 0.3 is 18.0 Å². The molecule has 3 atom stereocenters. The Kier molecular flexibility index (Phi) is 8.85. The Morgan fingerprint density at radius 3 is 2.17 bits per heavy atom. The molecule has 3 aromatic rings. The van der Waals surface area contributed by atoms with Crippen molar-refractivity contribution in [3.05, 3.63) is 95.6 Å². The number of hydrogen-bond donors (Lipinski definition) is 2. The number of carbonyl (C=O) groups excluding carboxylic acids is 3. The minimum atomic E-state index is -1.28. The van der Waals surface area contributed by atoms with Crippen molar-refractivity contribution in [2.75, 3.05) is 13.2 Å². The van der Waals surface area contributed by atoms with Crippen molar-refractivity contribution >= 4 is 23.9 Å². The van der Waals surface area contributed by atoms with Crippen LogP contribution in [0.25, 0.3) is 11.1 Å². The average molecular weight is 571 g/mol. The molecule has 2 aliphatic rings. The third-order valence-corrected chi connectivity index (χ3v) is 8.14. The highest BCUT2D eigenvalue weighted by molar-refractivity contribution is 5.90. The van der Waals surface area contributed by atoms with E-state index in [1.807, 2.05) is 78.9 Å². The first-order chi connectivity index (χ1) is 20.3. The van der Waals surface area contributed by atoms with Crippen LogP contribution in [0.1, 0.15) is 48.8 Å². The topological polar surface area (TPSA) is 122 Å². The predicted octanol–water partition coefficient (Wildman–Crippen LogP) is 4.74. The Balaban J connectivity index is 1.28. The van der Waals surface area contributed by atoms with Crippen molar-refractivity contribution in [3.8, 4) is 11.1 Å². The van der Waals surface area contributed by atoms with Crippen LogP contribution < -0.4 is 5.32 Å². The first-order valence-corrected chi connectivity index (χ1v) is 14.2. The lowest BCUT2D eigenvalue weighted by atomic mass is 9.89. The van der Waals surface area contributed by atoms with Crippen LogP contribution in [0.4, 0.5) is 4.79 Å². The van der Waals surface area contributed by atoms with Crippen LogP contribution in [0.2, 0.25) is 0 Å². The Morgan fingerprint density at radius 2 is 1.52 bits per heavy atom. The Bertz CT molecular complexity index is 1410. The number of amides is 2. The number of piperidine rings is 1. The summed E-state index contributed by atoms with van der Waals surface area (Å²) in [5.41, 5.74) is 5.05. The molecule has 9 nitrogen and oxygen atoms in total. The molecule has 5 rings (SSSR count). The lowest BCUT2D eigenvalue weighted by molar-refractivity contribution is -0.153. The minimum absolute atomic E-state index is 0.0206. The molecular formula is C33H34N2O7. The highest BCUT2D eigenvalue weighted by Crippen LogP contribution is 2.44. The number of aliphatic carboxylic acids is 1. The largest absolute Gasteiger partial charge is 0.481 e. The Morgan fingerprint density at radius 1 is 0.905 bits per heavy atom. The van der Waals surface area contributed by atoms with Gasteiger partial charge in [0.2, 0.25) is 5.91 Å². The summed E-state index contributed by atoms with van der Waals surface area (Å²) >= 11 is 0. The summed E-state index contributed by atoms with van der Waals surface area (Å²) in [6.45, 7) is 2.06. The smallest absolute Gasteiger partial charge is 0.407 e. The molecule has 0 radical (unpaired) electrons. The third kappa shape index (κ3) is 6.30. The van der Waals surface area contributed by atoms with Gasteiger partial charge in [-0.2, -0.15) is 0 Å². The van der Waals surface area contributed by atoms with Gasteiger partial charge in [0.25, 0.3) is 0 Å². The van der Waals surface area contributed by atoms with Gasteiger partial charge in [-0.15, -0.1) is 0 Å². The molecule has 2 N–H and O–H groups in total. The molecule has 0 spiro atoms. The molecule has 2 amide bonds. The Labute approximate surface area is 244 Å². The lowest BCUT2D eigenvalue weighted by Gasteiger charge is -2.39. The first kappa shape index (κ1) is 28.9. The second kappa shape index (κ2) is 12.9. The summed E-state index contributed by atoms with van der Waals surface area (Å²) in [7, 11) is 0. The maximum atomic E-state index is 13.7. The number of likely N-dealkylation sites (tertiary alicyclic amines) is 1. The number of fused-ring (bicyclic) bond motifs is 3.